The molecule has 0 radical (unpaired) electrons. The maximum atomic E-state index is 8.42. The van der Waals surface area contributed by atoms with Gasteiger partial charge < -0.3 is 9.84 Å². The van der Waals surface area contributed by atoms with E-state index in [1.807, 2.05) is 6.92 Å². The maximum absolute atomic E-state index is 8.42. The summed E-state index contributed by atoms with van der Waals surface area (Å²) in [5.41, 5.74) is 0. The van der Waals surface area contributed by atoms with Gasteiger partial charge in [-0.05, 0) is 25.8 Å². The molecule has 0 aliphatic carbocycles. The molecule has 0 amide bonds. The lowest BCUT2D eigenvalue weighted by Crippen LogP contribution is -1.96. The van der Waals surface area contributed by atoms with Crippen molar-refractivity contribution in [2.24, 2.45) is 4.99 Å². The highest BCUT2D eigenvalue weighted by molar-refractivity contribution is 5.26. The standard InChI is InChI=1S/C8H13NO2/c1-3-8(4-5-9-2)11-7-6-10/h3-5,10H,2,6-7H2,1H3/b5-4-,8-3+. The number of hydrogen-bond donors (Lipinski definition) is 1. The van der Waals surface area contributed by atoms with E-state index in [1.165, 1.54) is 6.20 Å². The molecule has 0 spiro atoms. The summed E-state index contributed by atoms with van der Waals surface area (Å²) < 4.78 is 5.08. The largest absolute Gasteiger partial charge is 0.491 e. The van der Waals surface area contributed by atoms with E-state index in [9.17, 15) is 0 Å². The molecule has 0 aromatic rings. The number of hydrogen-bond acceptors (Lipinski definition) is 3. The van der Waals surface area contributed by atoms with Gasteiger partial charge in [0.1, 0.15) is 12.4 Å². The molecule has 1 N–H and O–H groups in total. The highest BCUT2D eigenvalue weighted by atomic mass is 16.5. The van der Waals surface area contributed by atoms with E-state index in [0.717, 1.165) is 0 Å². The fourth-order valence-corrected chi connectivity index (χ4v) is 0.517. The Labute approximate surface area is 66.7 Å². The van der Waals surface area contributed by atoms with Crippen LogP contribution >= 0.6 is 0 Å². The Hall–Kier alpha value is -1.09. The van der Waals surface area contributed by atoms with Crippen LogP contribution in [-0.4, -0.2) is 25.0 Å². The molecule has 0 heterocycles. The summed E-state index contributed by atoms with van der Waals surface area (Å²) in [6, 6.07) is 0. The van der Waals surface area contributed by atoms with E-state index in [1.54, 1.807) is 12.2 Å². The van der Waals surface area contributed by atoms with Crippen LogP contribution in [0.5, 0.6) is 0 Å². The minimum Gasteiger partial charge on any atom is -0.491 e. The number of allylic oxidation sites excluding steroid dienone is 2. The second-order valence-electron chi connectivity index (χ2n) is 1.76. The van der Waals surface area contributed by atoms with Crippen molar-refractivity contribution in [1.29, 1.82) is 0 Å². The minimum atomic E-state index is 0.0205. The van der Waals surface area contributed by atoms with Gasteiger partial charge in [-0.3, -0.25) is 4.99 Å². The second-order valence-corrected chi connectivity index (χ2v) is 1.76. The van der Waals surface area contributed by atoms with Gasteiger partial charge in [0.05, 0.1) is 6.61 Å². The Morgan fingerprint density at radius 3 is 2.91 bits per heavy atom. The van der Waals surface area contributed by atoms with Crippen molar-refractivity contribution in [3.63, 3.8) is 0 Å². The fraction of sp³-hybridized carbons (Fsp3) is 0.375. The highest BCUT2D eigenvalue weighted by Crippen LogP contribution is 1.98. The Bertz CT molecular complexity index is 161. The number of aliphatic hydroxyl groups excluding tert-OH is 1. The smallest absolute Gasteiger partial charge is 0.116 e. The molecule has 3 nitrogen and oxygen atoms in total. The van der Waals surface area contributed by atoms with Crippen LogP contribution in [0, 0.1) is 0 Å². The number of ether oxygens (including phenoxy) is 1. The van der Waals surface area contributed by atoms with Gasteiger partial charge >= 0.3 is 0 Å². The van der Waals surface area contributed by atoms with Gasteiger partial charge in [0.2, 0.25) is 0 Å². The monoisotopic (exact) mass is 155 g/mol. The third-order valence-corrected chi connectivity index (χ3v) is 0.989. The first-order valence-electron chi connectivity index (χ1n) is 3.37. The van der Waals surface area contributed by atoms with Gasteiger partial charge in [-0.25, -0.2) is 0 Å². The van der Waals surface area contributed by atoms with Crippen molar-refractivity contribution in [2.45, 2.75) is 6.92 Å². The van der Waals surface area contributed by atoms with E-state index in [0.29, 0.717) is 12.4 Å². The summed E-state index contributed by atoms with van der Waals surface area (Å²) in [7, 11) is 0. The molecule has 11 heavy (non-hydrogen) atoms. The van der Waals surface area contributed by atoms with Crippen LogP contribution in [0.25, 0.3) is 0 Å². The molecule has 0 rings (SSSR count). The topological polar surface area (TPSA) is 41.8 Å². The van der Waals surface area contributed by atoms with Gasteiger partial charge in [-0.15, -0.1) is 0 Å². The van der Waals surface area contributed by atoms with Crippen molar-refractivity contribution in [3.05, 3.63) is 24.1 Å². The minimum absolute atomic E-state index is 0.0205. The summed E-state index contributed by atoms with van der Waals surface area (Å²) in [5, 5.41) is 8.42. The Morgan fingerprint density at radius 2 is 2.45 bits per heavy atom. The summed E-state index contributed by atoms with van der Waals surface area (Å²) >= 11 is 0. The lowest BCUT2D eigenvalue weighted by Gasteiger charge is -2.02. The molecule has 0 saturated heterocycles. The van der Waals surface area contributed by atoms with Crippen LogP contribution in [-0.2, 0) is 4.74 Å². The molecule has 0 atom stereocenters. The van der Waals surface area contributed by atoms with Gasteiger partial charge in [0, 0.05) is 6.20 Å². The number of aliphatic hydroxyl groups is 1. The van der Waals surface area contributed by atoms with Gasteiger partial charge in [0.15, 0.2) is 0 Å². The quantitative estimate of drug-likeness (QED) is 0.367. The normalized spacial score (nSPS) is 12.0. The Balaban J connectivity index is 3.77. The molecule has 3 heteroatoms. The molecule has 0 aliphatic rings. The first kappa shape index (κ1) is 9.91. The molecular weight excluding hydrogens is 142 g/mol. The van der Waals surface area contributed by atoms with Crippen molar-refractivity contribution >= 4 is 6.72 Å². The van der Waals surface area contributed by atoms with Gasteiger partial charge in [0.25, 0.3) is 0 Å². The molecule has 0 aromatic carbocycles. The Morgan fingerprint density at radius 1 is 1.73 bits per heavy atom. The Kier molecular flexibility index (Phi) is 6.33. The summed E-state index contributed by atoms with van der Waals surface area (Å²) in [6.45, 7) is 5.45. The fourth-order valence-electron chi connectivity index (χ4n) is 0.517. The molecular formula is C8H13NO2. The van der Waals surface area contributed by atoms with Crippen molar-refractivity contribution < 1.29 is 9.84 Å². The van der Waals surface area contributed by atoms with Gasteiger partial charge in [-0.1, -0.05) is 0 Å². The average Bonchev–Trinajstić information content (AvgIpc) is 2.05. The maximum Gasteiger partial charge on any atom is 0.116 e. The van der Waals surface area contributed by atoms with E-state index < -0.39 is 0 Å². The van der Waals surface area contributed by atoms with E-state index in [4.69, 9.17) is 9.84 Å². The number of aliphatic imine (C=N–C) groups is 1. The molecule has 0 aromatic heterocycles. The zero-order valence-corrected chi connectivity index (χ0v) is 6.66. The lowest BCUT2D eigenvalue weighted by molar-refractivity contribution is 0.152. The van der Waals surface area contributed by atoms with Crippen LogP contribution in [0.2, 0.25) is 0 Å². The van der Waals surface area contributed by atoms with Crippen LogP contribution < -0.4 is 0 Å². The van der Waals surface area contributed by atoms with Crippen LogP contribution in [0.3, 0.4) is 0 Å². The molecule has 0 unspecified atom stereocenters. The second kappa shape index (κ2) is 7.02. The number of rotatable bonds is 5. The first-order valence-corrected chi connectivity index (χ1v) is 3.37. The van der Waals surface area contributed by atoms with E-state index in [2.05, 4.69) is 11.7 Å². The third kappa shape index (κ3) is 5.36. The SMILES string of the molecule is C=N/C=C\C(=C/C)OCCO. The zero-order chi connectivity index (χ0) is 8.53. The van der Waals surface area contributed by atoms with Crippen LogP contribution in [0.1, 0.15) is 6.92 Å². The highest BCUT2D eigenvalue weighted by Gasteiger charge is 1.88. The molecule has 0 bridgehead atoms. The average molecular weight is 155 g/mol. The van der Waals surface area contributed by atoms with E-state index >= 15 is 0 Å². The summed E-state index contributed by atoms with van der Waals surface area (Å²) in [4.78, 5) is 3.52. The lowest BCUT2D eigenvalue weighted by atomic mass is 10.4. The van der Waals surface area contributed by atoms with Crippen molar-refractivity contribution in [1.82, 2.24) is 0 Å². The summed E-state index contributed by atoms with van der Waals surface area (Å²) in [6.07, 6.45) is 5.01. The molecule has 0 fully saturated rings. The number of nitrogens with zero attached hydrogens (tertiary/aromatic N) is 1. The van der Waals surface area contributed by atoms with E-state index in [-0.39, 0.29) is 6.61 Å². The van der Waals surface area contributed by atoms with Crippen LogP contribution in [0.4, 0.5) is 0 Å². The predicted octanol–water partition coefficient (Wildman–Crippen LogP) is 1.11. The first-order chi connectivity index (χ1) is 5.35. The van der Waals surface area contributed by atoms with Crippen LogP contribution in [0.15, 0.2) is 29.1 Å². The molecule has 62 valence electrons. The summed E-state index contributed by atoms with van der Waals surface area (Å²) in [5.74, 6) is 0.687. The predicted molar refractivity (Wildman–Crippen MR) is 45.5 cm³/mol. The molecule has 0 saturated carbocycles. The van der Waals surface area contributed by atoms with Gasteiger partial charge in [-0.2, -0.15) is 0 Å². The van der Waals surface area contributed by atoms with Crippen molar-refractivity contribution in [3.8, 4) is 0 Å². The van der Waals surface area contributed by atoms with Crippen molar-refractivity contribution in [2.75, 3.05) is 13.2 Å². The third-order valence-electron chi connectivity index (χ3n) is 0.989. The molecule has 0 aliphatic heterocycles. The zero-order valence-electron chi connectivity index (χ0n) is 6.66.